The lowest BCUT2D eigenvalue weighted by atomic mass is 10.3. The van der Waals surface area contributed by atoms with Crippen LogP contribution in [0.25, 0.3) is 0 Å². The van der Waals surface area contributed by atoms with Crippen LogP contribution >= 0.6 is 11.8 Å². The molecule has 0 aliphatic rings. The van der Waals surface area contributed by atoms with Gasteiger partial charge in [-0.2, -0.15) is 0 Å². The van der Waals surface area contributed by atoms with Crippen LogP contribution in [0.4, 0.5) is 4.79 Å². The van der Waals surface area contributed by atoms with Crippen LogP contribution in [-0.4, -0.2) is 22.3 Å². The quantitative estimate of drug-likeness (QED) is 0.499. The van der Waals surface area contributed by atoms with E-state index in [1.54, 1.807) is 0 Å². The molecular weight excluding hydrogens is 162 g/mol. The SMILES string of the molecule is CCCCNC(C)SC(=O)O. The van der Waals surface area contributed by atoms with Gasteiger partial charge in [0, 0.05) is 0 Å². The summed E-state index contributed by atoms with van der Waals surface area (Å²) in [5.41, 5.74) is 0. The van der Waals surface area contributed by atoms with Gasteiger partial charge in [-0.25, -0.2) is 4.79 Å². The fourth-order valence-electron chi connectivity index (χ4n) is 0.675. The Morgan fingerprint density at radius 1 is 1.73 bits per heavy atom. The van der Waals surface area contributed by atoms with E-state index in [2.05, 4.69) is 12.2 Å². The van der Waals surface area contributed by atoms with Gasteiger partial charge in [-0.3, -0.25) is 0 Å². The Hall–Kier alpha value is -0.220. The summed E-state index contributed by atoms with van der Waals surface area (Å²) in [6, 6.07) is 0. The second-order valence-electron chi connectivity index (χ2n) is 2.33. The number of nitrogens with one attached hydrogen (secondary N) is 1. The second-order valence-corrected chi connectivity index (χ2v) is 3.63. The number of hydrogen-bond donors (Lipinski definition) is 2. The van der Waals surface area contributed by atoms with Crippen LogP contribution < -0.4 is 5.32 Å². The highest BCUT2D eigenvalue weighted by atomic mass is 32.2. The van der Waals surface area contributed by atoms with Gasteiger partial charge in [-0.05, 0) is 31.7 Å². The largest absolute Gasteiger partial charge is 0.473 e. The van der Waals surface area contributed by atoms with E-state index in [0.717, 1.165) is 31.1 Å². The lowest BCUT2D eigenvalue weighted by molar-refractivity contribution is 0.222. The third kappa shape index (κ3) is 7.68. The van der Waals surface area contributed by atoms with Crippen LogP contribution in [-0.2, 0) is 0 Å². The number of unbranched alkanes of at least 4 members (excludes halogenated alkanes) is 1. The molecule has 66 valence electrons. The standard InChI is InChI=1S/C7H15NO2S/c1-3-4-5-8-6(2)11-7(9)10/h6,8H,3-5H2,1-2H3,(H,9,10). The minimum Gasteiger partial charge on any atom is -0.473 e. The first-order valence-corrected chi connectivity index (χ1v) is 4.67. The summed E-state index contributed by atoms with van der Waals surface area (Å²) in [6.07, 6.45) is 2.24. The number of thioether (sulfide) groups is 1. The fourth-order valence-corrected chi connectivity index (χ4v) is 1.18. The van der Waals surface area contributed by atoms with Gasteiger partial charge in [0.05, 0.1) is 5.37 Å². The van der Waals surface area contributed by atoms with E-state index in [4.69, 9.17) is 5.11 Å². The zero-order chi connectivity index (χ0) is 8.69. The van der Waals surface area contributed by atoms with E-state index in [9.17, 15) is 4.79 Å². The third-order valence-corrected chi connectivity index (χ3v) is 1.96. The molecule has 3 nitrogen and oxygen atoms in total. The van der Waals surface area contributed by atoms with Gasteiger partial charge in [0.1, 0.15) is 0 Å². The average molecular weight is 177 g/mol. The van der Waals surface area contributed by atoms with E-state index in [-0.39, 0.29) is 5.37 Å². The Morgan fingerprint density at radius 2 is 2.36 bits per heavy atom. The molecule has 0 rings (SSSR count). The lowest BCUT2D eigenvalue weighted by Gasteiger charge is -2.08. The minimum atomic E-state index is -0.818. The van der Waals surface area contributed by atoms with E-state index in [0.29, 0.717) is 0 Å². The molecule has 1 atom stereocenters. The lowest BCUT2D eigenvalue weighted by Crippen LogP contribution is -2.24. The Kier molecular flexibility index (Phi) is 6.36. The van der Waals surface area contributed by atoms with Crippen molar-refractivity contribution in [2.75, 3.05) is 6.54 Å². The van der Waals surface area contributed by atoms with Crippen LogP contribution in [0, 0.1) is 0 Å². The zero-order valence-electron chi connectivity index (χ0n) is 6.96. The van der Waals surface area contributed by atoms with E-state index in [1.165, 1.54) is 0 Å². The first kappa shape index (κ1) is 10.8. The molecule has 2 N–H and O–H groups in total. The summed E-state index contributed by atoms with van der Waals surface area (Å²) < 4.78 is 0. The van der Waals surface area contributed by atoms with Crippen molar-refractivity contribution in [2.24, 2.45) is 0 Å². The highest BCUT2D eigenvalue weighted by molar-refractivity contribution is 8.13. The highest BCUT2D eigenvalue weighted by Crippen LogP contribution is 2.07. The molecule has 0 aromatic carbocycles. The first-order chi connectivity index (χ1) is 5.16. The van der Waals surface area contributed by atoms with Crippen molar-refractivity contribution in [2.45, 2.75) is 32.1 Å². The van der Waals surface area contributed by atoms with Crippen molar-refractivity contribution in [1.29, 1.82) is 0 Å². The Balaban J connectivity index is 3.22. The molecule has 0 spiro atoms. The molecule has 0 saturated carbocycles. The molecule has 0 aliphatic carbocycles. The molecule has 0 heterocycles. The predicted molar refractivity (Wildman–Crippen MR) is 48.0 cm³/mol. The van der Waals surface area contributed by atoms with E-state index < -0.39 is 5.30 Å². The molecule has 0 aliphatic heterocycles. The first-order valence-electron chi connectivity index (χ1n) is 3.79. The van der Waals surface area contributed by atoms with Crippen molar-refractivity contribution in [3.05, 3.63) is 0 Å². The molecule has 0 amide bonds. The molecular formula is C7H15NO2S. The maximum absolute atomic E-state index is 10.2. The van der Waals surface area contributed by atoms with Crippen molar-refractivity contribution in [3.63, 3.8) is 0 Å². The monoisotopic (exact) mass is 177 g/mol. The molecule has 1 unspecified atom stereocenters. The molecule has 11 heavy (non-hydrogen) atoms. The summed E-state index contributed by atoms with van der Waals surface area (Å²) >= 11 is 0.910. The third-order valence-electron chi connectivity index (χ3n) is 1.24. The highest BCUT2D eigenvalue weighted by Gasteiger charge is 2.05. The van der Waals surface area contributed by atoms with Gasteiger partial charge in [-0.1, -0.05) is 13.3 Å². The summed E-state index contributed by atoms with van der Waals surface area (Å²) in [4.78, 5) is 10.2. The van der Waals surface area contributed by atoms with Gasteiger partial charge in [0.2, 0.25) is 0 Å². The van der Waals surface area contributed by atoms with Crippen LogP contribution in [0.3, 0.4) is 0 Å². The number of hydrogen-bond acceptors (Lipinski definition) is 3. The van der Waals surface area contributed by atoms with Crippen molar-refractivity contribution in [1.82, 2.24) is 5.32 Å². The van der Waals surface area contributed by atoms with Crippen molar-refractivity contribution in [3.8, 4) is 0 Å². The van der Waals surface area contributed by atoms with Crippen molar-refractivity contribution < 1.29 is 9.90 Å². The van der Waals surface area contributed by atoms with Gasteiger partial charge < -0.3 is 10.4 Å². The number of carboxylic acid groups (broad SMARTS) is 1. The van der Waals surface area contributed by atoms with Crippen LogP contribution in [0.1, 0.15) is 26.7 Å². The topological polar surface area (TPSA) is 49.3 Å². The molecule has 0 saturated heterocycles. The summed E-state index contributed by atoms with van der Waals surface area (Å²) in [6.45, 7) is 4.86. The van der Waals surface area contributed by atoms with Gasteiger partial charge in [0.15, 0.2) is 0 Å². The normalized spacial score (nSPS) is 12.9. The molecule has 0 bridgehead atoms. The fraction of sp³-hybridized carbons (Fsp3) is 0.857. The molecule has 0 aromatic rings. The summed E-state index contributed by atoms with van der Waals surface area (Å²) in [5.74, 6) is 0. The molecule has 0 fully saturated rings. The summed E-state index contributed by atoms with van der Waals surface area (Å²) in [5, 5.41) is 10.7. The van der Waals surface area contributed by atoms with E-state index >= 15 is 0 Å². The minimum absolute atomic E-state index is 0.0130. The molecule has 4 heteroatoms. The smallest absolute Gasteiger partial charge is 0.366 e. The molecule has 0 aromatic heterocycles. The van der Waals surface area contributed by atoms with E-state index in [1.807, 2.05) is 6.92 Å². The van der Waals surface area contributed by atoms with Gasteiger partial charge >= 0.3 is 5.30 Å². The Labute approximate surface area is 71.6 Å². The van der Waals surface area contributed by atoms with Gasteiger partial charge in [0.25, 0.3) is 0 Å². The Bertz CT molecular complexity index is 119. The van der Waals surface area contributed by atoms with Crippen LogP contribution in [0.5, 0.6) is 0 Å². The van der Waals surface area contributed by atoms with Crippen molar-refractivity contribution >= 4 is 17.1 Å². The van der Waals surface area contributed by atoms with Crippen LogP contribution in [0.15, 0.2) is 0 Å². The molecule has 0 radical (unpaired) electrons. The second kappa shape index (κ2) is 6.49. The Morgan fingerprint density at radius 3 is 2.82 bits per heavy atom. The maximum Gasteiger partial charge on any atom is 0.366 e. The average Bonchev–Trinajstić information content (AvgIpc) is 1.86. The summed E-state index contributed by atoms with van der Waals surface area (Å²) in [7, 11) is 0. The number of rotatable bonds is 5. The van der Waals surface area contributed by atoms with Gasteiger partial charge in [-0.15, -0.1) is 0 Å². The zero-order valence-corrected chi connectivity index (χ0v) is 7.78. The number of carbonyl (C=O) groups is 1. The predicted octanol–water partition coefficient (Wildman–Crippen LogP) is 2.13. The maximum atomic E-state index is 10.2. The van der Waals surface area contributed by atoms with Crippen LogP contribution in [0.2, 0.25) is 0 Å².